The minimum absolute atomic E-state index is 0.000527. The molecule has 1 aromatic carbocycles. The van der Waals surface area contributed by atoms with Gasteiger partial charge in [-0.05, 0) is 43.5 Å². The van der Waals surface area contributed by atoms with E-state index in [1.54, 1.807) is 24.5 Å². The number of hydrogen-bond donors (Lipinski definition) is 1. The van der Waals surface area contributed by atoms with Gasteiger partial charge in [0.05, 0.1) is 0 Å². The number of aromatic nitrogens is 1. The lowest BCUT2D eigenvalue weighted by atomic mass is 10.1. The van der Waals surface area contributed by atoms with E-state index in [-0.39, 0.29) is 23.8 Å². The maximum absolute atomic E-state index is 12.9. The molecule has 1 saturated heterocycles. The summed E-state index contributed by atoms with van der Waals surface area (Å²) in [7, 11) is 0. The number of anilines is 1. The van der Waals surface area contributed by atoms with Gasteiger partial charge < -0.3 is 15.0 Å². The zero-order valence-corrected chi connectivity index (χ0v) is 16.9. The van der Waals surface area contributed by atoms with Crippen LogP contribution in [-0.4, -0.2) is 40.9 Å². The number of rotatable bonds is 5. The second-order valence-corrected chi connectivity index (χ2v) is 8.14. The molecule has 1 aromatic heterocycles. The van der Waals surface area contributed by atoms with Crippen molar-refractivity contribution in [2.75, 3.05) is 18.4 Å². The smallest absolute Gasteiger partial charge is 0.253 e. The van der Waals surface area contributed by atoms with E-state index < -0.39 is 0 Å². The average molecular weight is 393 g/mol. The molecule has 0 spiro atoms. The number of benzene rings is 1. The van der Waals surface area contributed by atoms with E-state index in [0.717, 1.165) is 30.6 Å². The van der Waals surface area contributed by atoms with Gasteiger partial charge in [-0.3, -0.25) is 14.6 Å². The van der Waals surface area contributed by atoms with Crippen molar-refractivity contribution in [3.8, 4) is 5.75 Å². The van der Waals surface area contributed by atoms with Gasteiger partial charge in [0.2, 0.25) is 5.91 Å². The number of aryl methyl sites for hydroxylation is 1. The largest absolute Gasteiger partial charge is 0.490 e. The molecule has 0 radical (unpaired) electrons. The Morgan fingerprint density at radius 2 is 1.97 bits per heavy atom. The van der Waals surface area contributed by atoms with Crippen molar-refractivity contribution in [2.24, 2.45) is 11.8 Å². The van der Waals surface area contributed by atoms with Crippen LogP contribution in [-0.2, 0) is 4.79 Å². The summed E-state index contributed by atoms with van der Waals surface area (Å²) in [6, 6.07) is 9.12. The van der Waals surface area contributed by atoms with Crippen LogP contribution in [0.4, 0.5) is 5.69 Å². The van der Waals surface area contributed by atoms with Gasteiger partial charge in [0.25, 0.3) is 5.91 Å². The molecule has 152 valence electrons. The molecule has 1 N–H and O–H groups in total. The minimum atomic E-state index is -0.000527. The summed E-state index contributed by atoms with van der Waals surface area (Å²) in [5.74, 6) is 1.47. The highest BCUT2D eigenvalue weighted by Crippen LogP contribution is 2.38. The molecule has 6 heteroatoms. The number of likely N-dealkylation sites (tertiary alicyclic amines) is 1. The quantitative estimate of drug-likeness (QED) is 0.841. The van der Waals surface area contributed by atoms with Crippen molar-refractivity contribution < 1.29 is 14.3 Å². The number of piperidine rings is 1. The first-order valence-corrected chi connectivity index (χ1v) is 10.3. The minimum Gasteiger partial charge on any atom is -0.490 e. The van der Waals surface area contributed by atoms with Gasteiger partial charge in [-0.25, -0.2) is 0 Å². The highest BCUT2D eigenvalue weighted by molar-refractivity contribution is 5.98. The first-order chi connectivity index (χ1) is 14.0. The lowest BCUT2D eigenvalue weighted by Crippen LogP contribution is -2.41. The lowest BCUT2D eigenvalue weighted by molar-refractivity contribution is -0.117. The fourth-order valence-electron chi connectivity index (χ4n) is 3.78. The van der Waals surface area contributed by atoms with Gasteiger partial charge in [0.15, 0.2) is 0 Å². The molecule has 1 aliphatic heterocycles. The molecule has 2 aromatic rings. The van der Waals surface area contributed by atoms with Crippen molar-refractivity contribution >= 4 is 17.5 Å². The number of carbonyl (C=O) groups is 2. The summed E-state index contributed by atoms with van der Waals surface area (Å²) in [4.78, 5) is 31.0. The maximum Gasteiger partial charge on any atom is 0.253 e. The van der Waals surface area contributed by atoms with Crippen LogP contribution in [0, 0.1) is 18.8 Å². The number of pyridine rings is 1. The Bertz CT molecular complexity index is 906. The third-order valence-corrected chi connectivity index (χ3v) is 5.81. The van der Waals surface area contributed by atoms with Crippen LogP contribution in [0.1, 0.15) is 42.1 Å². The van der Waals surface area contributed by atoms with Crippen LogP contribution >= 0.6 is 0 Å². The van der Waals surface area contributed by atoms with Crippen molar-refractivity contribution in [3.63, 3.8) is 0 Å². The van der Waals surface area contributed by atoms with Gasteiger partial charge in [-0.2, -0.15) is 0 Å². The molecular formula is C23H27N3O3. The predicted octanol–water partition coefficient (Wildman–Crippen LogP) is 3.67. The van der Waals surface area contributed by atoms with Crippen LogP contribution < -0.4 is 10.1 Å². The fraction of sp³-hybridized carbons (Fsp3) is 0.435. The topological polar surface area (TPSA) is 71.5 Å². The Balaban J connectivity index is 1.33. The van der Waals surface area contributed by atoms with E-state index >= 15 is 0 Å². The summed E-state index contributed by atoms with van der Waals surface area (Å²) in [5, 5.41) is 2.94. The summed E-state index contributed by atoms with van der Waals surface area (Å²) >= 11 is 0. The van der Waals surface area contributed by atoms with Gasteiger partial charge in [-0.1, -0.05) is 13.0 Å². The van der Waals surface area contributed by atoms with Crippen molar-refractivity contribution in [1.29, 1.82) is 0 Å². The number of nitrogens with zero attached hydrogens (tertiary/aromatic N) is 2. The van der Waals surface area contributed by atoms with Crippen molar-refractivity contribution in [1.82, 2.24) is 9.88 Å². The lowest BCUT2D eigenvalue weighted by Gasteiger charge is -2.32. The van der Waals surface area contributed by atoms with E-state index in [0.29, 0.717) is 30.3 Å². The Morgan fingerprint density at radius 1 is 1.21 bits per heavy atom. The highest BCUT2D eigenvalue weighted by Gasteiger charge is 2.39. The van der Waals surface area contributed by atoms with E-state index in [2.05, 4.69) is 17.2 Å². The summed E-state index contributed by atoms with van der Waals surface area (Å²) < 4.78 is 6.09. The van der Waals surface area contributed by atoms with Crippen molar-refractivity contribution in [2.45, 2.75) is 39.2 Å². The molecule has 4 rings (SSSR count). The van der Waals surface area contributed by atoms with E-state index in [4.69, 9.17) is 4.74 Å². The Morgan fingerprint density at radius 3 is 2.66 bits per heavy atom. The SMILES string of the molecule is Cc1cnccc1OC1CCN(C(=O)c2cccc(NC(=O)[C@H]3C[C@H]3C)c2)CC1. The van der Waals surface area contributed by atoms with Crippen LogP contribution in [0.5, 0.6) is 5.75 Å². The van der Waals surface area contributed by atoms with Crippen LogP contribution in [0.3, 0.4) is 0 Å². The Kier molecular flexibility index (Phi) is 5.51. The molecule has 2 amide bonds. The zero-order chi connectivity index (χ0) is 20.4. The average Bonchev–Trinajstić information content (AvgIpc) is 3.47. The number of ether oxygens (including phenoxy) is 1. The molecule has 1 saturated carbocycles. The summed E-state index contributed by atoms with van der Waals surface area (Å²) in [5.41, 5.74) is 2.31. The molecule has 0 bridgehead atoms. The second kappa shape index (κ2) is 8.23. The van der Waals surface area contributed by atoms with Crippen LogP contribution in [0.25, 0.3) is 0 Å². The van der Waals surface area contributed by atoms with Gasteiger partial charge >= 0.3 is 0 Å². The zero-order valence-electron chi connectivity index (χ0n) is 16.9. The molecule has 0 unspecified atom stereocenters. The number of carbonyl (C=O) groups excluding carboxylic acids is 2. The first kappa shape index (κ1) is 19.4. The third-order valence-electron chi connectivity index (χ3n) is 5.81. The standard InChI is InChI=1S/C23H27N3O3/c1-15-12-20(15)22(27)25-18-5-3-4-17(13-18)23(28)26-10-7-19(8-11-26)29-21-6-9-24-14-16(21)2/h3-6,9,13-15,19-20H,7-8,10-12H2,1-2H3,(H,25,27)/t15-,20+/m1/s1. The molecule has 2 heterocycles. The highest BCUT2D eigenvalue weighted by atomic mass is 16.5. The van der Waals surface area contributed by atoms with E-state index in [1.807, 2.05) is 30.0 Å². The number of amides is 2. The Hall–Kier alpha value is -2.89. The molecule has 2 atom stereocenters. The van der Waals surface area contributed by atoms with Crippen LogP contribution in [0.15, 0.2) is 42.7 Å². The maximum atomic E-state index is 12.9. The molecule has 2 aliphatic rings. The van der Waals surface area contributed by atoms with Gasteiger partial charge in [0, 0.05) is 61.1 Å². The van der Waals surface area contributed by atoms with E-state index in [9.17, 15) is 9.59 Å². The predicted molar refractivity (Wildman–Crippen MR) is 111 cm³/mol. The fourth-order valence-corrected chi connectivity index (χ4v) is 3.78. The Labute approximate surface area is 171 Å². The first-order valence-electron chi connectivity index (χ1n) is 10.3. The summed E-state index contributed by atoms with van der Waals surface area (Å²) in [6.45, 7) is 5.37. The molecule has 2 fully saturated rings. The number of nitrogens with one attached hydrogen (secondary N) is 1. The normalized spacial score (nSPS) is 21.5. The molecule has 6 nitrogen and oxygen atoms in total. The monoisotopic (exact) mass is 393 g/mol. The third kappa shape index (κ3) is 4.58. The second-order valence-electron chi connectivity index (χ2n) is 8.14. The molecule has 29 heavy (non-hydrogen) atoms. The number of hydrogen-bond acceptors (Lipinski definition) is 4. The van der Waals surface area contributed by atoms with Gasteiger partial charge in [-0.15, -0.1) is 0 Å². The molecule has 1 aliphatic carbocycles. The van der Waals surface area contributed by atoms with Gasteiger partial charge in [0.1, 0.15) is 11.9 Å². The van der Waals surface area contributed by atoms with E-state index in [1.165, 1.54) is 0 Å². The van der Waals surface area contributed by atoms with Crippen molar-refractivity contribution in [3.05, 3.63) is 53.9 Å². The summed E-state index contributed by atoms with van der Waals surface area (Å²) in [6.07, 6.45) is 6.17. The van der Waals surface area contributed by atoms with Crippen LogP contribution in [0.2, 0.25) is 0 Å². The molecular weight excluding hydrogens is 366 g/mol.